The second-order valence-electron chi connectivity index (χ2n) is 5.74. The standard InChI is InChI=1S/C21H20O5/c1-4-17(22)25-20-13-9-6-7-10-14(13)21(26-18(23)5-2)19-15(20)11-8-12-16(19)24-3/h6-12H,4-5H2,1-3H3. The molecule has 5 nitrogen and oxygen atoms in total. The quantitative estimate of drug-likeness (QED) is 0.380. The summed E-state index contributed by atoms with van der Waals surface area (Å²) in [5, 5.41) is 2.65. The number of ether oxygens (including phenoxy) is 3. The first-order chi connectivity index (χ1) is 12.6. The van der Waals surface area contributed by atoms with Crippen LogP contribution in [0.2, 0.25) is 0 Å². The van der Waals surface area contributed by atoms with Gasteiger partial charge in [0, 0.05) is 29.0 Å². The molecule has 3 rings (SSSR count). The van der Waals surface area contributed by atoms with Gasteiger partial charge in [0.1, 0.15) is 11.5 Å². The van der Waals surface area contributed by atoms with E-state index in [2.05, 4.69) is 0 Å². The molecule has 0 aliphatic carbocycles. The molecule has 0 aliphatic heterocycles. The van der Waals surface area contributed by atoms with Crippen molar-refractivity contribution in [3.63, 3.8) is 0 Å². The minimum absolute atomic E-state index is 0.248. The molecule has 0 saturated heterocycles. The van der Waals surface area contributed by atoms with Crippen LogP contribution in [-0.4, -0.2) is 19.0 Å². The van der Waals surface area contributed by atoms with Crippen LogP contribution in [-0.2, 0) is 9.59 Å². The minimum Gasteiger partial charge on any atom is -0.496 e. The fourth-order valence-corrected chi connectivity index (χ4v) is 2.87. The lowest BCUT2D eigenvalue weighted by Gasteiger charge is -2.17. The number of hydrogen-bond acceptors (Lipinski definition) is 5. The van der Waals surface area contributed by atoms with Gasteiger partial charge in [-0.1, -0.05) is 50.2 Å². The first-order valence-electron chi connectivity index (χ1n) is 8.53. The fourth-order valence-electron chi connectivity index (χ4n) is 2.87. The number of methoxy groups -OCH3 is 1. The van der Waals surface area contributed by atoms with Crippen LogP contribution in [0.3, 0.4) is 0 Å². The lowest BCUT2D eigenvalue weighted by molar-refractivity contribution is -0.134. The summed E-state index contributed by atoms with van der Waals surface area (Å²) in [5.41, 5.74) is 0. The highest BCUT2D eigenvalue weighted by molar-refractivity contribution is 6.14. The lowest BCUT2D eigenvalue weighted by Crippen LogP contribution is -2.09. The van der Waals surface area contributed by atoms with Crippen LogP contribution < -0.4 is 14.2 Å². The van der Waals surface area contributed by atoms with Gasteiger partial charge in [-0.25, -0.2) is 0 Å². The van der Waals surface area contributed by atoms with Gasteiger partial charge in [0.25, 0.3) is 0 Å². The van der Waals surface area contributed by atoms with Crippen molar-refractivity contribution < 1.29 is 23.8 Å². The Balaban J connectivity index is 2.45. The monoisotopic (exact) mass is 352 g/mol. The van der Waals surface area contributed by atoms with Crippen molar-refractivity contribution in [1.29, 1.82) is 0 Å². The molecule has 0 radical (unpaired) electrons. The molecule has 0 unspecified atom stereocenters. The van der Waals surface area contributed by atoms with E-state index in [4.69, 9.17) is 14.2 Å². The Morgan fingerprint density at radius 3 is 1.88 bits per heavy atom. The summed E-state index contributed by atoms with van der Waals surface area (Å²) in [6.07, 6.45) is 0.504. The van der Waals surface area contributed by atoms with Gasteiger partial charge in [-0.15, -0.1) is 0 Å². The van der Waals surface area contributed by atoms with E-state index >= 15 is 0 Å². The molecule has 5 heteroatoms. The van der Waals surface area contributed by atoms with Crippen LogP contribution in [0, 0.1) is 0 Å². The predicted molar refractivity (Wildman–Crippen MR) is 99.9 cm³/mol. The molecule has 3 aromatic rings. The number of rotatable bonds is 5. The molecule has 0 aromatic heterocycles. The fraction of sp³-hybridized carbons (Fsp3) is 0.238. The third-order valence-electron chi connectivity index (χ3n) is 4.14. The van der Waals surface area contributed by atoms with E-state index in [1.54, 1.807) is 27.0 Å². The Morgan fingerprint density at radius 2 is 1.31 bits per heavy atom. The molecule has 0 aliphatic rings. The van der Waals surface area contributed by atoms with Crippen molar-refractivity contribution >= 4 is 33.5 Å². The van der Waals surface area contributed by atoms with Gasteiger partial charge >= 0.3 is 11.9 Å². The summed E-state index contributed by atoms with van der Waals surface area (Å²) in [7, 11) is 1.55. The average Bonchev–Trinajstić information content (AvgIpc) is 2.69. The molecule has 0 spiro atoms. The number of fused-ring (bicyclic) bond motifs is 2. The maximum absolute atomic E-state index is 12.0. The maximum Gasteiger partial charge on any atom is 0.310 e. The Kier molecular flexibility index (Phi) is 5.07. The maximum atomic E-state index is 12.0. The largest absolute Gasteiger partial charge is 0.496 e. The lowest BCUT2D eigenvalue weighted by atomic mass is 9.99. The van der Waals surface area contributed by atoms with Crippen molar-refractivity contribution in [1.82, 2.24) is 0 Å². The number of esters is 2. The van der Waals surface area contributed by atoms with E-state index in [0.717, 1.165) is 0 Å². The zero-order chi connectivity index (χ0) is 18.7. The summed E-state index contributed by atoms with van der Waals surface area (Å²) in [6, 6.07) is 12.8. The molecular weight excluding hydrogens is 332 g/mol. The van der Waals surface area contributed by atoms with Gasteiger partial charge in [0.05, 0.1) is 12.5 Å². The van der Waals surface area contributed by atoms with Crippen LogP contribution in [0.25, 0.3) is 21.5 Å². The van der Waals surface area contributed by atoms with E-state index in [9.17, 15) is 9.59 Å². The molecule has 134 valence electrons. The molecule has 0 amide bonds. The highest BCUT2D eigenvalue weighted by Crippen LogP contribution is 2.46. The summed E-state index contributed by atoms with van der Waals surface area (Å²) < 4.78 is 16.8. The summed E-state index contributed by atoms with van der Waals surface area (Å²) in [6.45, 7) is 3.48. The van der Waals surface area contributed by atoms with Crippen molar-refractivity contribution in [2.75, 3.05) is 7.11 Å². The molecular formula is C21H20O5. The molecule has 0 bridgehead atoms. The molecule has 3 aromatic carbocycles. The van der Waals surface area contributed by atoms with Crippen molar-refractivity contribution in [2.24, 2.45) is 0 Å². The smallest absolute Gasteiger partial charge is 0.310 e. The van der Waals surface area contributed by atoms with E-state index in [0.29, 0.717) is 38.8 Å². The third kappa shape index (κ3) is 3.08. The van der Waals surface area contributed by atoms with E-state index in [1.165, 1.54) is 0 Å². The molecule has 0 heterocycles. The van der Waals surface area contributed by atoms with Gasteiger partial charge in [0.15, 0.2) is 5.75 Å². The van der Waals surface area contributed by atoms with E-state index in [-0.39, 0.29) is 24.8 Å². The van der Waals surface area contributed by atoms with Crippen molar-refractivity contribution in [2.45, 2.75) is 26.7 Å². The number of carbonyl (C=O) groups excluding carboxylic acids is 2. The van der Waals surface area contributed by atoms with Crippen LogP contribution >= 0.6 is 0 Å². The Morgan fingerprint density at radius 1 is 0.769 bits per heavy atom. The first-order valence-corrected chi connectivity index (χ1v) is 8.53. The van der Waals surface area contributed by atoms with Crippen LogP contribution in [0.1, 0.15) is 26.7 Å². The van der Waals surface area contributed by atoms with Crippen LogP contribution in [0.5, 0.6) is 17.2 Å². The number of hydrogen-bond donors (Lipinski definition) is 0. The summed E-state index contributed by atoms with van der Waals surface area (Å²) in [5.74, 6) is 0.716. The molecule has 0 saturated carbocycles. The highest BCUT2D eigenvalue weighted by atomic mass is 16.5. The highest BCUT2D eigenvalue weighted by Gasteiger charge is 2.21. The minimum atomic E-state index is -0.347. The van der Waals surface area contributed by atoms with E-state index in [1.807, 2.05) is 36.4 Å². The van der Waals surface area contributed by atoms with Gasteiger partial charge in [-0.2, -0.15) is 0 Å². The predicted octanol–water partition coefficient (Wildman–Crippen LogP) is 4.63. The number of carbonyl (C=O) groups is 2. The Labute approximate surface area is 151 Å². The normalized spacial score (nSPS) is 10.7. The van der Waals surface area contributed by atoms with Crippen molar-refractivity contribution in [3.05, 3.63) is 42.5 Å². The van der Waals surface area contributed by atoms with Crippen LogP contribution in [0.4, 0.5) is 0 Å². The van der Waals surface area contributed by atoms with Gasteiger partial charge in [-0.05, 0) is 6.07 Å². The zero-order valence-corrected chi connectivity index (χ0v) is 15.0. The summed E-state index contributed by atoms with van der Waals surface area (Å²) in [4.78, 5) is 24.0. The molecule has 0 fully saturated rings. The molecule has 26 heavy (non-hydrogen) atoms. The van der Waals surface area contributed by atoms with Crippen molar-refractivity contribution in [3.8, 4) is 17.2 Å². The Hall–Kier alpha value is -3.08. The molecule has 0 N–H and O–H groups in total. The molecule has 0 atom stereocenters. The van der Waals surface area contributed by atoms with Gasteiger partial charge in [-0.3, -0.25) is 9.59 Å². The number of benzene rings is 3. The second kappa shape index (κ2) is 7.44. The average molecular weight is 352 g/mol. The van der Waals surface area contributed by atoms with Gasteiger partial charge < -0.3 is 14.2 Å². The zero-order valence-electron chi connectivity index (χ0n) is 15.0. The van der Waals surface area contributed by atoms with Gasteiger partial charge in [0.2, 0.25) is 0 Å². The third-order valence-corrected chi connectivity index (χ3v) is 4.14. The second-order valence-corrected chi connectivity index (χ2v) is 5.74. The topological polar surface area (TPSA) is 61.8 Å². The van der Waals surface area contributed by atoms with E-state index < -0.39 is 0 Å². The first kappa shape index (κ1) is 17.7. The summed E-state index contributed by atoms with van der Waals surface area (Å²) >= 11 is 0. The SMILES string of the molecule is CCC(=O)Oc1c2ccccc2c(OC(=O)CC)c2c(OC)cccc12. The Bertz CT molecular complexity index is 991. The van der Waals surface area contributed by atoms with Crippen LogP contribution in [0.15, 0.2) is 42.5 Å².